The summed E-state index contributed by atoms with van der Waals surface area (Å²) in [6.45, 7) is 5.06. The fourth-order valence-corrected chi connectivity index (χ4v) is 4.12. The molecular formula is C20H25Cl2N5O3. The third-order valence-electron chi connectivity index (χ3n) is 5.89. The zero-order valence-electron chi connectivity index (χ0n) is 16.8. The van der Waals surface area contributed by atoms with Gasteiger partial charge in [-0.3, -0.25) is 19.4 Å². The number of carbonyl (C=O) groups excluding carboxylic acids is 3. The van der Waals surface area contributed by atoms with Gasteiger partial charge in [0.15, 0.2) is 0 Å². The van der Waals surface area contributed by atoms with E-state index < -0.39 is 11.6 Å². The standard InChI is InChI=1S/C20H25Cl2N5O3/c1-20(13-2-5-15(21)16(22)10-13)18(29)27(19(30)24-20)12-26-8-6-25(7-9-26)11-17(28)23-14-3-4-14/h2,5,10,14H,3-4,6-9,11-12H2,1H3,(H,23,28)(H,24,30)/t20-/m1/s1. The third kappa shape index (κ3) is 4.42. The summed E-state index contributed by atoms with van der Waals surface area (Å²) in [6, 6.07) is 4.85. The van der Waals surface area contributed by atoms with E-state index in [1.807, 2.05) is 4.90 Å². The van der Waals surface area contributed by atoms with Crippen LogP contribution in [0.5, 0.6) is 0 Å². The van der Waals surface area contributed by atoms with E-state index in [1.54, 1.807) is 25.1 Å². The number of piperazine rings is 1. The molecule has 3 aliphatic rings. The first-order valence-corrected chi connectivity index (χ1v) is 10.9. The molecule has 3 fully saturated rings. The number of urea groups is 1. The lowest BCUT2D eigenvalue weighted by molar-refractivity contribution is -0.132. The van der Waals surface area contributed by atoms with Gasteiger partial charge in [-0.15, -0.1) is 0 Å². The van der Waals surface area contributed by atoms with Gasteiger partial charge in [0.2, 0.25) is 5.91 Å². The van der Waals surface area contributed by atoms with Crippen LogP contribution < -0.4 is 10.6 Å². The Labute approximate surface area is 185 Å². The second-order valence-corrected chi connectivity index (χ2v) is 9.11. The summed E-state index contributed by atoms with van der Waals surface area (Å²) in [4.78, 5) is 43.0. The Bertz CT molecular complexity index is 870. The number of hydrogen-bond donors (Lipinski definition) is 2. The molecular weight excluding hydrogens is 429 g/mol. The van der Waals surface area contributed by atoms with E-state index in [2.05, 4.69) is 15.5 Å². The molecule has 10 heteroatoms. The zero-order chi connectivity index (χ0) is 21.5. The highest BCUT2D eigenvalue weighted by atomic mass is 35.5. The van der Waals surface area contributed by atoms with Crippen LogP contribution in [0.1, 0.15) is 25.3 Å². The van der Waals surface area contributed by atoms with E-state index in [-0.39, 0.29) is 18.5 Å². The van der Waals surface area contributed by atoms with Crippen molar-refractivity contribution in [3.63, 3.8) is 0 Å². The number of rotatable bonds is 6. The molecule has 0 unspecified atom stereocenters. The Morgan fingerprint density at radius 3 is 2.43 bits per heavy atom. The maximum Gasteiger partial charge on any atom is 0.326 e. The van der Waals surface area contributed by atoms with Crippen molar-refractivity contribution in [1.82, 2.24) is 25.3 Å². The quantitative estimate of drug-likeness (QED) is 0.639. The molecule has 1 aromatic rings. The van der Waals surface area contributed by atoms with E-state index >= 15 is 0 Å². The predicted molar refractivity (Wildman–Crippen MR) is 113 cm³/mol. The van der Waals surface area contributed by atoms with Crippen LogP contribution >= 0.6 is 23.2 Å². The van der Waals surface area contributed by atoms with Crippen molar-refractivity contribution < 1.29 is 14.4 Å². The normalized spacial score (nSPS) is 25.5. The molecule has 162 valence electrons. The van der Waals surface area contributed by atoms with E-state index in [0.717, 1.165) is 12.8 Å². The van der Waals surface area contributed by atoms with E-state index in [0.29, 0.717) is 54.4 Å². The van der Waals surface area contributed by atoms with E-state index in [1.165, 1.54) is 4.90 Å². The molecule has 4 rings (SSSR count). The Kier molecular flexibility index (Phi) is 5.94. The van der Waals surface area contributed by atoms with Crippen LogP contribution in [-0.4, -0.2) is 78.0 Å². The maximum atomic E-state index is 13.1. The molecule has 0 spiro atoms. The highest BCUT2D eigenvalue weighted by Crippen LogP contribution is 2.33. The van der Waals surface area contributed by atoms with Crippen molar-refractivity contribution in [3.05, 3.63) is 33.8 Å². The summed E-state index contributed by atoms with van der Waals surface area (Å²) in [5.74, 6) is -0.255. The van der Waals surface area contributed by atoms with Crippen LogP contribution in [0, 0.1) is 0 Å². The second kappa shape index (κ2) is 8.34. The smallest absolute Gasteiger partial charge is 0.326 e. The molecule has 4 amide bonds. The van der Waals surface area contributed by atoms with Crippen LogP contribution in [0.4, 0.5) is 4.79 Å². The van der Waals surface area contributed by atoms with Gasteiger partial charge in [0, 0.05) is 32.2 Å². The Hall–Kier alpha value is -1.87. The highest BCUT2D eigenvalue weighted by molar-refractivity contribution is 6.42. The lowest BCUT2D eigenvalue weighted by atomic mass is 9.92. The first-order chi connectivity index (χ1) is 14.3. The van der Waals surface area contributed by atoms with Crippen molar-refractivity contribution in [2.75, 3.05) is 39.4 Å². The molecule has 0 radical (unpaired) electrons. The summed E-state index contributed by atoms with van der Waals surface area (Å²) in [7, 11) is 0. The van der Waals surface area contributed by atoms with Crippen LogP contribution in [0.2, 0.25) is 10.0 Å². The first kappa shape index (κ1) is 21.4. The topological polar surface area (TPSA) is 85.0 Å². The van der Waals surface area contributed by atoms with E-state index in [4.69, 9.17) is 23.2 Å². The molecule has 1 aromatic carbocycles. The monoisotopic (exact) mass is 453 g/mol. The van der Waals surface area contributed by atoms with Gasteiger partial charge in [0.25, 0.3) is 5.91 Å². The largest absolute Gasteiger partial charge is 0.352 e. The molecule has 30 heavy (non-hydrogen) atoms. The maximum absolute atomic E-state index is 13.1. The molecule has 8 nitrogen and oxygen atoms in total. The summed E-state index contributed by atoms with van der Waals surface area (Å²) >= 11 is 12.1. The number of carbonyl (C=O) groups is 3. The lowest BCUT2D eigenvalue weighted by Crippen LogP contribution is -2.53. The van der Waals surface area contributed by atoms with Gasteiger partial charge < -0.3 is 10.6 Å². The Balaban J connectivity index is 1.33. The van der Waals surface area contributed by atoms with Crippen LogP contribution in [0.3, 0.4) is 0 Å². The average Bonchev–Trinajstić information content (AvgIpc) is 3.48. The summed E-state index contributed by atoms with van der Waals surface area (Å²) in [6.07, 6.45) is 2.15. The first-order valence-electron chi connectivity index (χ1n) is 10.1. The molecule has 0 aromatic heterocycles. The fraction of sp³-hybridized carbons (Fsp3) is 0.550. The van der Waals surface area contributed by atoms with Gasteiger partial charge >= 0.3 is 6.03 Å². The molecule has 2 aliphatic heterocycles. The number of imide groups is 1. The van der Waals surface area contributed by atoms with Gasteiger partial charge in [0.1, 0.15) is 5.54 Å². The molecule has 1 atom stereocenters. The number of benzene rings is 1. The zero-order valence-corrected chi connectivity index (χ0v) is 18.3. The van der Waals surface area contributed by atoms with Crippen molar-refractivity contribution in [2.45, 2.75) is 31.3 Å². The third-order valence-corrected chi connectivity index (χ3v) is 6.63. The Morgan fingerprint density at radius 1 is 1.13 bits per heavy atom. The minimum absolute atomic E-state index is 0.0671. The van der Waals surface area contributed by atoms with Crippen molar-refractivity contribution in [2.24, 2.45) is 0 Å². The fourth-order valence-electron chi connectivity index (χ4n) is 3.82. The number of nitrogens with zero attached hydrogens (tertiary/aromatic N) is 3. The number of amides is 4. The highest BCUT2D eigenvalue weighted by Gasteiger charge is 2.49. The van der Waals surface area contributed by atoms with Gasteiger partial charge in [-0.05, 0) is 37.5 Å². The number of halogens is 2. The minimum Gasteiger partial charge on any atom is -0.352 e. The minimum atomic E-state index is -1.19. The summed E-state index contributed by atoms with van der Waals surface area (Å²) in [5, 5.41) is 6.51. The molecule has 1 aliphatic carbocycles. The molecule has 2 heterocycles. The SMILES string of the molecule is C[C@]1(c2ccc(Cl)c(Cl)c2)NC(=O)N(CN2CCN(CC(=O)NC3CC3)CC2)C1=O. The molecule has 1 saturated carbocycles. The van der Waals surface area contributed by atoms with Gasteiger partial charge in [-0.2, -0.15) is 0 Å². The second-order valence-electron chi connectivity index (χ2n) is 8.29. The van der Waals surface area contributed by atoms with Crippen molar-refractivity contribution in [1.29, 1.82) is 0 Å². The number of nitrogens with one attached hydrogen (secondary N) is 2. The molecule has 2 N–H and O–H groups in total. The van der Waals surface area contributed by atoms with Crippen molar-refractivity contribution in [3.8, 4) is 0 Å². The Morgan fingerprint density at radius 2 is 1.80 bits per heavy atom. The number of hydrogen-bond acceptors (Lipinski definition) is 5. The molecule has 2 saturated heterocycles. The van der Waals surface area contributed by atoms with Crippen LogP contribution in [0.15, 0.2) is 18.2 Å². The van der Waals surface area contributed by atoms with Gasteiger partial charge in [-0.25, -0.2) is 9.69 Å². The predicted octanol–water partition coefficient (Wildman–Crippen LogP) is 1.61. The van der Waals surface area contributed by atoms with Gasteiger partial charge in [0.05, 0.1) is 23.3 Å². The summed E-state index contributed by atoms with van der Waals surface area (Å²) < 4.78 is 0. The lowest BCUT2D eigenvalue weighted by Gasteiger charge is -2.35. The summed E-state index contributed by atoms with van der Waals surface area (Å²) in [5.41, 5.74) is -0.599. The van der Waals surface area contributed by atoms with Crippen molar-refractivity contribution >= 4 is 41.0 Å². The molecule has 0 bridgehead atoms. The average molecular weight is 454 g/mol. The van der Waals surface area contributed by atoms with Gasteiger partial charge in [-0.1, -0.05) is 29.3 Å². The van der Waals surface area contributed by atoms with E-state index in [9.17, 15) is 14.4 Å². The van der Waals surface area contributed by atoms with Crippen LogP contribution in [-0.2, 0) is 15.1 Å². The van der Waals surface area contributed by atoms with Crippen LogP contribution in [0.25, 0.3) is 0 Å².